The van der Waals surface area contributed by atoms with Gasteiger partial charge in [-0.05, 0) is 106 Å². The summed E-state index contributed by atoms with van der Waals surface area (Å²) in [6.45, 7) is 0. The van der Waals surface area contributed by atoms with E-state index in [4.69, 9.17) is 28.8 Å². The largest absolute Gasteiger partial charge is 0.456 e. The van der Waals surface area contributed by atoms with E-state index in [0.717, 1.165) is 100 Å². The summed E-state index contributed by atoms with van der Waals surface area (Å²) >= 11 is 0. The molecule has 0 N–H and O–H groups in total. The highest BCUT2D eigenvalue weighted by Crippen LogP contribution is 2.56. The van der Waals surface area contributed by atoms with Crippen LogP contribution in [-0.4, -0.2) is 19.9 Å². The molecule has 2 unspecified atom stereocenters. The van der Waals surface area contributed by atoms with Gasteiger partial charge in [0.15, 0.2) is 11.6 Å². The van der Waals surface area contributed by atoms with Crippen molar-refractivity contribution in [2.24, 2.45) is 0 Å². The summed E-state index contributed by atoms with van der Waals surface area (Å²) in [5.74, 6) is 1.43. The fraction of sp³-hybridized carbons (Fsp3) is 0.0312. The zero-order valence-corrected chi connectivity index (χ0v) is 37.5. The molecule has 4 aromatic heterocycles. The topological polar surface area (TPSA) is 77.8 Å². The predicted octanol–water partition coefficient (Wildman–Crippen LogP) is 16.1. The van der Waals surface area contributed by atoms with Gasteiger partial charge in [0.25, 0.3) is 0 Å². The van der Waals surface area contributed by atoms with Gasteiger partial charge in [-0.2, -0.15) is 0 Å². The van der Waals surface area contributed by atoms with E-state index in [-0.39, 0.29) is 11.8 Å². The first-order valence-corrected chi connectivity index (χ1v) is 23.7. The molecular weight excluding hydrogens is 857 g/mol. The number of benzene rings is 9. The lowest BCUT2D eigenvalue weighted by atomic mass is 9.61. The predicted molar refractivity (Wildman–Crippen MR) is 280 cm³/mol. The molecule has 0 radical (unpaired) electrons. The number of hydrogen-bond acceptors (Lipinski definition) is 6. The summed E-state index contributed by atoms with van der Waals surface area (Å²) in [6, 6.07) is 76.8. The van der Waals surface area contributed by atoms with E-state index in [1.807, 2.05) is 36.4 Å². The van der Waals surface area contributed by atoms with Crippen molar-refractivity contribution in [2.75, 3.05) is 0 Å². The molecule has 4 heterocycles. The zero-order valence-electron chi connectivity index (χ0n) is 37.5. The number of nitrogens with zero attached hydrogens (tertiary/aromatic N) is 4. The fourth-order valence-corrected chi connectivity index (χ4v) is 11.2. The molecule has 2 bridgehead atoms. The summed E-state index contributed by atoms with van der Waals surface area (Å²) in [5, 5.41) is 4.31. The molecule has 16 rings (SSSR count). The molecule has 70 heavy (non-hydrogen) atoms. The maximum atomic E-state index is 6.21. The highest BCUT2D eigenvalue weighted by molar-refractivity contribution is 6.07. The Balaban J connectivity index is 0.857. The Bertz CT molecular complexity index is 3990. The molecule has 0 saturated heterocycles. The Labute approximate surface area is 402 Å². The van der Waals surface area contributed by atoms with Crippen molar-refractivity contribution in [1.29, 1.82) is 0 Å². The maximum Gasteiger partial charge on any atom is 0.160 e. The first-order valence-electron chi connectivity index (χ1n) is 23.7. The monoisotopic (exact) mass is 894 g/mol. The summed E-state index contributed by atoms with van der Waals surface area (Å²) < 4.78 is 12.4. The van der Waals surface area contributed by atoms with Crippen molar-refractivity contribution in [3.8, 4) is 67.8 Å². The third-order valence-corrected chi connectivity index (χ3v) is 14.5. The average Bonchev–Trinajstić information content (AvgIpc) is 4.00. The van der Waals surface area contributed by atoms with Crippen LogP contribution in [0.5, 0.6) is 0 Å². The van der Waals surface area contributed by atoms with Gasteiger partial charge in [-0.3, -0.25) is 0 Å². The molecule has 3 aliphatic rings. The van der Waals surface area contributed by atoms with Gasteiger partial charge in [-0.25, -0.2) is 19.9 Å². The van der Waals surface area contributed by atoms with Crippen molar-refractivity contribution >= 4 is 43.9 Å². The summed E-state index contributed by atoms with van der Waals surface area (Å²) in [6.07, 6.45) is 0. The van der Waals surface area contributed by atoms with E-state index in [1.54, 1.807) is 0 Å². The number of para-hydroxylation sites is 2. The first kappa shape index (κ1) is 38.8. The second-order valence-corrected chi connectivity index (χ2v) is 18.5. The SMILES string of the molecule is c1ccc(-c2cc(-c3ccc4oc5ccccc5c4c3)nc(-c3ccc4c(c3)C3c5ccccc5C4c4cc(-c5nc(-c6ccccc6)cc(-c6ccc7oc8ccccc8c7c6)n5)ccc43)n2)cc1. The van der Waals surface area contributed by atoms with Gasteiger partial charge in [0.05, 0.1) is 22.8 Å². The molecule has 326 valence electrons. The minimum Gasteiger partial charge on any atom is -0.456 e. The van der Waals surface area contributed by atoms with Crippen molar-refractivity contribution < 1.29 is 8.83 Å². The van der Waals surface area contributed by atoms with Gasteiger partial charge >= 0.3 is 0 Å². The maximum absolute atomic E-state index is 6.21. The van der Waals surface area contributed by atoms with E-state index in [1.165, 1.54) is 33.4 Å². The molecule has 13 aromatic rings. The van der Waals surface area contributed by atoms with Crippen LogP contribution in [0.1, 0.15) is 45.2 Å². The quantitative estimate of drug-likeness (QED) is 0.165. The minimum absolute atomic E-state index is 0.0254. The third-order valence-electron chi connectivity index (χ3n) is 14.5. The van der Waals surface area contributed by atoms with Gasteiger partial charge < -0.3 is 8.83 Å². The van der Waals surface area contributed by atoms with Gasteiger partial charge in [-0.1, -0.05) is 146 Å². The zero-order chi connectivity index (χ0) is 45.9. The van der Waals surface area contributed by atoms with Gasteiger partial charge in [0.2, 0.25) is 0 Å². The molecule has 9 aromatic carbocycles. The van der Waals surface area contributed by atoms with Crippen LogP contribution in [0.25, 0.3) is 112 Å². The molecule has 3 aliphatic carbocycles. The van der Waals surface area contributed by atoms with Crippen LogP contribution >= 0.6 is 0 Å². The number of aromatic nitrogens is 4. The van der Waals surface area contributed by atoms with E-state index >= 15 is 0 Å². The summed E-state index contributed by atoms with van der Waals surface area (Å²) in [7, 11) is 0. The van der Waals surface area contributed by atoms with Crippen molar-refractivity contribution in [3.63, 3.8) is 0 Å². The van der Waals surface area contributed by atoms with E-state index < -0.39 is 0 Å². The molecule has 6 nitrogen and oxygen atoms in total. The Morgan fingerprint density at radius 2 is 0.600 bits per heavy atom. The molecule has 2 atom stereocenters. The molecule has 0 spiro atoms. The second kappa shape index (κ2) is 15.1. The van der Waals surface area contributed by atoms with Crippen LogP contribution in [0.15, 0.2) is 227 Å². The number of fused-ring (bicyclic) bond motifs is 6. The van der Waals surface area contributed by atoms with Gasteiger partial charge in [0, 0.05) is 66.8 Å². The molecule has 6 heteroatoms. The van der Waals surface area contributed by atoms with Crippen LogP contribution in [-0.2, 0) is 0 Å². The first-order chi connectivity index (χ1) is 34.6. The van der Waals surface area contributed by atoms with Gasteiger partial charge in [-0.15, -0.1) is 0 Å². The highest BCUT2D eigenvalue weighted by Gasteiger charge is 2.41. The van der Waals surface area contributed by atoms with Crippen LogP contribution in [0.3, 0.4) is 0 Å². The van der Waals surface area contributed by atoms with Crippen molar-refractivity contribution in [2.45, 2.75) is 11.8 Å². The van der Waals surface area contributed by atoms with Crippen LogP contribution in [0.2, 0.25) is 0 Å². The van der Waals surface area contributed by atoms with Crippen LogP contribution < -0.4 is 0 Å². The van der Waals surface area contributed by atoms with Crippen molar-refractivity contribution in [3.05, 3.63) is 252 Å². The van der Waals surface area contributed by atoms with E-state index in [9.17, 15) is 0 Å². The number of hydrogen-bond donors (Lipinski definition) is 0. The molecule has 0 amide bonds. The standard InChI is InChI=1S/C64H38N4O2/c1-3-13-37(14-4-1)53-35-55(39-25-29-59-49(31-39)43-17-9-11-21-57(43)69-59)67-63(65-53)41-23-27-47-51(33-41)61-45-19-7-8-20-46(45)62(47)52-34-42(24-28-48(52)61)64-66-54(38-15-5-2-6-16-38)36-56(68-64)40-26-30-60-50(32-40)44-18-10-12-22-58(44)70-60/h1-36,61-62H. The van der Waals surface area contributed by atoms with Crippen molar-refractivity contribution in [1.82, 2.24) is 19.9 Å². The smallest absolute Gasteiger partial charge is 0.160 e. The Hall–Kier alpha value is -9.26. The lowest BCUT2D eigenvalue weighted by Gasteiger charge is -2.42. The highest BCUT2D eigenvalue weighted by atomic mass is 16.3. The van der Waals surface area contributed by atoms with E-state index in [0.29, 0.717) is 11.6 Å². The number of rotatable bonds is 6. The summed E-state index contributed by atoms with van der Waals surface area (Å²) in [5.41, 5.74) is 20.8. The fourth-order valence-electron chi connectivity index (χ4n) is 11.2. The molecule has 0 saturated carbocycles. The lowest BCUT2D eigenvalue weighted by molar-refractivity contribution is 0.668. The second-order valence-electron chi connectivity index (χ2n) is 18.5. The third kappa shape index (κ3) is 6.06. The minimum atomic E-state index is 0.0254. The molecule has 0 fully saturated rings. The van der Waals surface area contributed by atoms with Gasteiger partial charge in [0.1, 0.15) is 22.3 Å². The number of furan rings is 2. The summed E-state index contributed by atoms with van der Waals surface area (Å²) in [4.78, 5) is 21.2. The Kier molecular flexibility index (Phi) is 8.38. The Morgan fingerprint density at radius 3 is 1.06 bits per heavy atom. The van der Waals surface area contributed by atoms with Crippen LogP contribution in [0.4, 0.5) is 0 Å². The Morgan fingerprint density at radius 1 is 0.243 bits per heavy atom. The van der Waals surface area contributed by atoms with Crippen LogP contribution in [0, 0.1) is 0 Å². The average molecular weight is 895 g/mol. The van der Waals surface area contributed by atoms with E-state index in [2.05, 4.69) is 182 Å². The lowest BCUT2D eigenvalue weighted by Crippen LogP contribution is -2.27. The molecular formula is C64H38N4O2. The normalized spacial score (nSPS) is 14.6. The molecule has 0 aliphatic heterocycles.